The molecule has 0 unspecified atom stereocenters. The minimum absolute atomic E-state index is 0.392. The Labute approximate surface area is 326 Å². The van der Waals surface area contributed by atoms with Gasteiger partial charge in [0.05, 0.1) is 11.0 Å². The van der Waals surface area contributed by atoms with Gasteiger partial charge in [-0.15, -0.1) is 11.3 Å². The lowest BCUT2D eigenvalue weighted by Crippen LogP contribution is -2.48. The maximum absolute atomic E-state index is 2.49. The van der Waals surface area contributed by atoms with Gasteiger partial charge in [0.15, 0.2) is 0 Å². The van der Waals surface area contributed by atoms with Crippen LogP contribution in [0.15, 0.2) is 164 Å². The molecule has 0 radical (unpaired) electrons. The van der Waals surface area contributed by atoms with Crippen LogP contribution in [0, 0.1) is 17.8 Å². The highest BCUT2D eigenvalue weighted by atomic mass is 32.1. The smallest absolute Gasteiger partial charge is 0.0547 e. The molecule has 13 rings (SSSR count). The average molecular weight is 727 g/mol. The Balaban J connectivity index is 0.952. The fourth-order valence-corrected chi connectivity index (χ4v) is 12.7. The second-order valence-corrected chi connectivity index (χ2v) is 17.9. The molecule has 9 aromatic rings. The number of para-hydroxylation sites is 2. The van der Waals surface area contributed by atoms with Crippen molar-refractivity contribution in [3.8, 4) is 16.8 Å². The largest absolute Gasteiger partial charge is 0.310 e. The number of fused-ring (bicyclic) bond motifs is 6. The van der Waals surface area contributed by atoms with E-state index in [0.29, 0.717) is 5.41 Å². The van der Waals surface area contributed by atoms with E-state index < -0.39 is 0 Å². The van der Waals surface area contributed by atoms with Crippen LogP contribution >= 0.6 is 11.3 Å². The van der Waals surface area contributed by atoms with E-state index in [2.05, 4.69) is 173 Å². The van der Waals surface area contributed by atoms with E-state index in [1.165, 1.54) is 114 Å². The fraction of sp³-hybridized carbons (Fsp3) is 0.192. The van der Waals surface area contributed by atoms with Crippen molar-refractivity contribution >= 4 is 70.4 Å². The Hall–Kier alpha value is -5.64. The maximum Gasteiger partial charge on any atom is 0.0547 e. The SMILES string of the molecule is c1ccc(-n2c3ccccc3c3ccc(-c4ccc(N(c5ccc(C67CC8CC(CC(C8)C6)C7)cc5)c5ccc6c(c5)sc5ccccc56)cc4)cc32)cc1. The molecule has 3 heteroatoms. The molecule has 4 saturated carbocycles. The molecule has 0 saturated heterocycles. The second-order valence-electron chi connectivity index (χ2n) is 16.8. The summed E-state index contributed by atoms with van der Waals surface area (Å²) in [7, 11) is 0. The topological polar surface area (TPSA) is 8.17 Å². The summed E-state index contributed by atoms with van der Waals surface area (Å²) in [5.74, 6) is 2.82. The molecule has 2 heterocycles. The highest BCUT2D eigenvalue weighted by molar-refractivity contribution is 7.25. The summed E-state index contributed by atoms with van der Waals surface area (Å²) in [5, 5.41) is 5.23. The summed E-state index contributed by atoms with van der Waals surface area (Å²) in [6.07, 6.45) is 8.61. The zero-order valence-corrected chi connectivity index (χ0v) is 31.7. The Kier molecular flexibility index (Phi) is 7.02. The molecule has 4 fully saturated rings. The molecular formula is C52H42N2S. The number of anilines is 3. The van der Waals surface area contributed by atoms with Gasteiger partial charge in [-0.2, -0.15) is 0 Å². The molecule has 4 aliphatic rings. The van der Waals surface area contributed by atoms with Gasteiger partial charge >= 0.3 is 0 Å². The first-order valence-electron chi connectivity index (χ1n) is 20.2. The summed E-state index contributed by atoms with van der Waals surface area (Å²) in [4.78, 5) is 2.47. The maximum atomic E-state index is 2.49. The van der Waals surface area contributed by atoms with Crippen molar-refractivity contribution in [3.05, 3.63) is 169 Å². The van der Waals surface area contributed by atoms with Gasteiger partial charge < -0.3 is 9.47 Å². The predicted molar refractivity (Wildman–Crippen MR) is 234 cm³/mol. The summed E-state index contributed by atoms with van der Waals surface area (Å²) < 4.78 is 5.07. The highest BCUT2D eigenvalue weighted by Crippen LogP contribution is 2.61. The number of hydrogen-bond donors (Lipinski definition) is 0. The second kappa shape index (κ2) is 12.2. The fourth-order valence-electron chi connectivity index (χ4n) is 11.5. The Bertz CT molecular complexity index is 2860. The monoisotopic (exact) mass is 726 g/mol. The van der Waals surface area contributed by atoms with Crippen LogP contribution < -0.4 is 4.90 Å². The molecule has 0 spiro atoms. The van der Waals surface area contributed by atoms with E-state index in [9.17, 15) is 0 Å². The van der Waals surface area contributed by atoms with Crippen LogP contribution in [0.4, 0.5) is 17.1 Å². The molecule has 266 valence electrons. The van der Waals surface area contributed by atoms with Crippen molar-refractivity contribution < 1.29 is 0 Å². The Morgan fingerprint density at radius 1 is 0.455 bits per heavy atom. The first-order valence-corrected chi connectivity index (χ1v) is 21.0. The Morgan fingerprint density at radius 2 is 1.02 bits per heavy atom. The van der Waals surface area contributed by atoms with E-state index >= 15 is 0 Å². The van der Waals surface area contributed by atoms with Gasteiger partial charge in [0.2, 0.25) is 0 Å². The molecule has 0 aliphatic heterocycles. The zero-order valence-electron chi connectivity index (χ0n) is 30.9. The molecule has 55 heavy (non-hydrogen) atoms. The average Bonchev–Trinajstić information content (AvgIpc) is 3.76. The minimum atomic E-state index is 0.392. The Morgan fingerprint density at radius 3 is 1.76 bits per heavy atom. The number of rotatable bonds is 6. The normalized spacial score (nSPS) is 21.6. The van der Waals surface area contributed by atoms with Crippen LogP contribution in [0.25, 0.3) is 58.8 Å². The molecule has 2 aromatic heterocycles. The predicted octanol–water partition coefficient (Wildman–Crippen LogP) is 14.8. The molecule has 0 amide bonds. The molecule has 7 aromatic carbocycles. The standard InChI is InChI=1S/C52H42N2S/c1-2-8-40(9-3-1)54-48-12-6-4-10-44(48)45-24-16-38(29-49(45)54)37-14-19-41(20-15-37)53(43-23-25-47-46-11-5-7-13-50(46)55-51(47)30-43)42-21-17-39(18-22-42)52-31-34-26-35(32-52)28-36(27-34)33-52/h1-25,29-30,34-36H,26-28,31-33H2. The van der Waals surface area contributed by atoms with Gasteiger partial charge in [0.1, 0.15) is 0 Å². The van der Waals surface area contributed by atoms with E-state index in [1.54, 1.807) is 5.56 Å². The summed E-state index contributed by atoms with van der Waals surface area (Å²) >= 11 is 1.89. The first kappa shape index (κ1) is 31.7. The van der Waals surface area contributed by atoms with Crippen molar-refractivity contribution in [1.82, 2.24) is 4.57 Å². The van der Waals surface area contributed by atoms with Crippen LogP contribution in [0.5, 0.6) is 0 Å². The van der Waals surface area contributed by atoms with Gasteiger partial charge in [-0.25, -0.2) is 0 Å². The quantitative estimate of drug-likeness (QED) is 0.166. The van der Waals surface area contributed by atoms with Crippen molar-refractivity contribution in [2.75, 3.05) is 4.90 Å². The van der Waals surface area contributed by atoms with Gasteiger partial charge in [-0.05, 0) is 145 Å². The lowest BCUT2D eigenvalue weighted by molar-refractivity contribution is -0.00518. The van der Waals surface area contributed by atoms with Crippen molar-refractivity contribution in [2.45, 2.75) is 43.9 Å². The number of benzene rings is 7. The van der Waals surface area contributed by atoms with Crippen molar-refractivity contribution in [3.63, 3.8) is 0 Å². The van der Waals surface area contributed by atoms with E-state index in [1.807, 2.05) is 11.3 Å². The summed E-state index contributed by atoms with van der Waals surface area (Å²) in [5.41, 5.74) is 11.6. The van der Waals surface area contributed by atoms with Crippen LogP contribution in [0.3, 0.4) is 0 Å². The summed E-state index contributed by atoms with van der Waals surface area (Å²) in [6, 6.07) is 61.4. The number of hydrogen-bond acceptors (Lipinski definition) is 2. The third-order valence-corrected chi connectivity index (χ3v) is 14.7. The molecule has 4 bridgehead atoms. The minimum Gasteiger partial charge on any atom is -0.310 e. The van der Waals surface area contributed by atoms with Gasteiger partial charge in [0.25, 0.3) is 0 Å². The van der Waals surface area contributed by atoms with Gasteiger partial charge in [0, 0.05) is 53.7 Å². The van der Waals surface area contributed by atoms with E-state index in [0.717, 1.165) is 17.8 Å². The lowest BCUT2D eigenvalue weighted by Gasteiger charge is -2.57. The first-order chi connectivity index (χ1) is 27.2. The van der Waals surface area contributed by atoms with Crippen molar-refractivity contribution in [2.24, 2.45) is 17.8 Å². The molecule has 0 N–H and O–H groups in total. The number of nitrogens with zero attached hydrogens (tertiary/aromatic N) is 2. The molecular weight excluding hydrogens is 685 g/mol. The van der Waals surface area contributed by atoms with Crippen LogP contribution in [0.1, 0.15) is 44.1 Å². The highest BCUT2D eigenvalue weighted by Gasteiger charge is 2.51. The summed E-state index contributed by atoms with van der Waals surface area (Å²) in [6.45, 7) is 0. The molecule has 2 nitrogen and oxygen atoms in total. The van der Waals surface area contributed by atoms with E-state index in [-0.39, 0.29) is 0 Å². The molecule has 0 atom stereocenters. The van der Waals surface area contributed by atoms with Crippen LogP contribution in [-0.4, -0.2) is 4.57 Å². The van der Waals surface area contributed by atoms with Gasteiger partial charge in [-0.3, -0.25) is 0 Å². The van der Waals surface area contributed by atoms with Gasteiger partial charge in [-0.1, -0.05) is 97.1 Å². The van der Waals surface area contributed by atoms with Crippen LogP contribution in [0.2, 0.25) is 0 Å². The zero-order chi connectivity index (χ0) is 36.1. The lowest BCUT2D eigenvalue weighted by atomic mass is 9.48. The third kappa shape index (κ3) is 5.06. The van der Waals surface area contributed by atoms with Crippen LogP contribution in [-0.2, 0) is 5.41 Å². The number of thiophene rings is 1. The number of aromatic nitrogens is 1. The molecule has 4 aliphatic carbocycles. The van der Waals surface area contributed by atoms with Crippen molar-refractivity contribution in [1.29, 1.82) is 0 Å². The third-order valence-electron chi connectivity index (χ3n) is 13.5. The van der Waals surface area contributed by atoms with E-state index in [4.69, 9.17) is 0 Å².